The Balaban J connectivity index is 2.12. The Labute approximate surface area is 111 Å². The predicted octanol–water partition coefficient (Wildman–Crippen LogP) is 1.97. The van der Waals surface area contributed by atoms with Gasteiger partial charge in [-0.2, -0.15) is 5.26 Å². The van der Waals surface area contributed by atoms with E-state index in [-0.39, 0.29) is 5.69 Å². The third-order valence-electron chi connectivity index (χ3n) is 3.41. The lowest BCUT2D eigenvalue weighted by Gasteiger charge is -2.30. The molecule has 1 aliphatic rings. The van der Waals surface area contributed by atoms with Crippen LogP contribution in [0.25, 0.3) is 0 Å². The van der Waals surface area contributed by atoms with Crippen LogP contribution in [0.1, 0.15) is 18.4 Å². The number of hydrogen-bond donors (Lipinski definition) is 1. The molecule has 100 valence electrons. The molecule has 1 aromatic carbocycles. The fourth-order valence-corrected chi connectivity index (χ4v) is 2.24. The Morgan fingerprint density at radius 3 is 2.74 bits per heavy atom. The summed E-state index contributed by atoms with van der Waals surface area (Å²) in [5.74, 6) is 0. The maximum absolute atomic E-state index is 10.7. The van der Waals surface area contributed by atoms with Gasteiger partial charge in [0.15, 0.2) is 0 Å². The zero-order chi connectivity index (χ0) is 13.8. The van der Waals surface area contributed by atoms with Crippen molar-refractivity contribution in [3.8, 4) is 6.07 Å². The Hall–Kier alpha value is -2.13. The minimum absolute atomic E-state index is 0.0505. The molecule has 0 unspecified atom stereocenters. The zero-order valence-corrected chi connectivity index (χ0v) is 10.8. The van der Waals surface area contributed by atoms with Crippen LogP contribution in [0.4, 0.5) is 11.4 Å². The summed E-state index contributed by atoms with van der Waals surface area (Å²) in [5.41, 5.74) is 0.959. The summed E-state index contributed by atoms with van der Waals surface area (Å²) in [6.45, 7) is 2.04. The van der Waals surface area contributed by atoms with Crippen molar-refractivity contribution < 1.29 is 4.92 Å². The van der Waals surface area contributed by atoms with Crippen molar-refractivity contribution in [3.05, 3.63) is 33.9 Å². The number of anilines is 1. The Bertz CT molecular complexity index is 516. The van der Waals surface area contributed by atoms with E-state index in [1.807, 2.05) is 6.07 Å². The summed E-state index contributed by atoms with van der Waals surface area (Å²) < 4.78 is 0. The van der Waals surface area contributed by atoms with Gasteiger partial charge < -0.3 is 10.2 Å². The molecule has 0 aromatic heterocycles. The number of hydrogen-bond acceptors (Lipinski definition) is 5. The van der Waals surface area contributed by atoms with Gasteiger partial charge in [0.25, 0.3) is 5.69 Å². The Morgan fingerprint density at radius 2 is 2.16 bits per heavy atom. The number of nitrogens with one attached hydrogen (secondary N) is 1. The van der Waals surface area contributed by atoms with Gasteiger partial charge in [-0.15, -0.1) is 0 Å². The number of rotatable bonds is 3. The van der Waals surface area contributed by atoms with E-state index in [2.05, 4.69) is 17.3 Å². The second-order valence-electron chi connectivity index (χ2n) is 4.82. The van der Waals surface area contributed by atoms with E-state index in [0.717, 1.165) is 25.9 Å². The molecule has 2 rings (SSSR count). The molecule has 0 saturated carbocycles. The van der Waals surface area contributed by atoms with Crippen LogP contribution in [-0.2, 0) is 0 Å². The molecule has 0 spiro atoms. The molecule has 0 atom stereocenters. The molecule has 1 aliphatic heterocycles. The molecule has 0 amide bonds. The summed E-state index contributed by atoms with van der Waals surface area (Å²) in [6, 6.07) is 6.70. The molecule has 1 aromatic rings. The van der Waals surface area contributed by atoms with Crippen molar-refractivity contribution >= 4 is 11.4 Å². The van der Waals surface area contributed by atoms with Crippen LogP contribution in [0, 0.1) is 21.4 Å². The fourth-order valence-electron chi connectivity index (χ4n) is 2.24. The topological polar surface area (TPSA) is 82.2 Å². The zero-order valence-electron chi connectivity index (χ0n) is 10.8. The van der Waals surface area contributed by atoms with E-state index in [0.29, 0.717) is 17.3 Å². The average molecular weight is 260 g/mol. The largest absolute Gasteiger partial charge is 0.381 e. The first-order valence-corrected chi connectivity index (χ1v) is 6.24. The van der Waals surface area contributed by atoms with E-state index in [1.165, 1.54) is 12.1 Å². The van der Waals surface area contributed by atoms with Crippen LogP contribution < -0.4 is 5.32 Å². The third-order valence-corrected chi connectivity index (χ3v) is 3.41. The maximum atomic E-state index is 10.7. The van der Waals surface area contributed by atoms with Crippen LogP contribution in [-0.4, -0.2) is 36.0 Å². The number of nitrogens with zero attached hydrogens (tertiary/aromatic N) is 3. The highest BCUT2D eigenvalue weighted by Gasteiger charge is 2.18. The number of nitro groups is 1. The van der Waals surface area contributed by atoms with Gasteiger partial charge in [0.1, 0.15) is 6.07 Å². The lowest BCUT2D eigenvalue weighted by atomic mass is 10.0. The highest BCUT2D eigenvalue weighted by molar-refractivity contribution is 5.61. The third kappa shape index (κ3) is 3.20. The summed E-state index contributed by atoms with van der Waals surface area (Å²) in [6.07, 6.45) is 2.02. The summed E-state index contributed by atoms with van der Waals surface area (Å²) >= 11 is 0. The van der Waals surface area contributed by atoms with Gasteiger partial charge in [0.05, 0.1) is 16.2 Å². The number of non-ortho nitro benzene ring substituents is 1. The second-order valence-corrected chi connectivity index (χ2v) is 4.82. The van der Waals surface area contributed by atoms with Crippen molar-refractivity contribution in [2.45, 2.75) is 18.9 Å². The molecule has 1 N–H and O–H groups in total. The number of piperidine rings is 1. The highest BCUT2D eigenvalue weighted by Crippen LogP contribution is 2.23. The van der Waals surface area contributed by atoms with Gasteiger partial charge in [0, 0.05) is 18.2 Å². The first-order valence-electron chi connectivity index (χ1n) is 6.24. The molecule has 19 heavy (non-hydrogen) atoms. The molecule has 1 saturated heterocycles. The minimum Gasteiger partial charge on any atom is -0.381 e. The van der Waals surface area contributed by atoms with E-state index < -0.39 is 4.92 Å². The smallest absolute Gasteiger partial charge is 0.270 e. The van der Waals surface area contributed by atoms with Crippen LogP contribution in [0.15, 0.2) is 18.2 Å². The van der Waals surface area contributed by atoms with Gasteiger partial charge in [-0.3, -0.25) is 10.1 Å². The molecule has 0 bridgehead atoms. The molecular weight excluding hydrogens is 244 g/mol. The van der Waals surface area contributed by atoms with Gasteiger partial charge in [-0.1, -0.05) is 0 Å². The monoisotopic (exact) mass is 260 g/mol. The molecule has 0 radical (unpaired) electrons. The minimum atomic E-state index is -0.486. The lowest BCUT2D eigenvalue weighted by Crippen LogP contribution is -2.36. The summed E-state index contributed by atoms with van der Waals surface area (Å²) in [5, 5.41) is 23.1. The predicted molar refractivity (Wildman–Crippen MR) is 72.0 cm³/mol. The van der Waals surface area contributed by atoms with Crippen molar-refractivity contribution in [2.24, 2.45) is 0 Å². The van der Waals surface area contributed by atoms with E-state index in [9.17, 15) is 10.1 Å². The molecule has 1 heterocycles. The number of nitro benzene ring substituents is 1. The van der Waals surface area contributed by atoms with Crippen molar-refractivity contribution in [3.63, 3.8) is 0 Å². The first kappa shape index (κ1) is 13.3. The highest BCUT2D eigenvalue weighted by atomic mass is 16.6. The van der Waals surface area contributed by atoms with Crippen molar-refractivity contribution in [2.75, 3.05) is 25.5 Å². The van der Waals surface area contributed by atoms with E-state index in [4.69, 9.17) is 5.26 Å². The molecular formula is C13H16N4O2. The normalized spacial score (nSPS) is 16.8. The van der Waals surface area contributed by atoms with Crippen LogP contribution >= 0.6 is 0 Å². The van der Waals surface area contributed by atoms with Crippen LogP contribution in [0.3, 0.4) is 0 Å². The summed E-state index contributed by atoms with van der Waals surface area (Å²) in [7, 11) is 2.09. The number of benzene rings is 1. The Morgan fingerprint density at radius 1 is 1.47 bits per heavy atom. The molecule has 6 heteroatoms. The SMILES string of the molecule is CN1CCC(Nc2ccc([N+](=O)[O-])cc2C#N)CC1. The van der Waals surface area contributed by atoms with Gasteiger partial charge >= 0.3 is 0 Å². The number of nitriles is 1. The van der Waals surface area contributed by atoms with Crippen molar-refractivity contribution in [1.29, 1.82) is 5.26 Å². The second kappa shape index (κ2) is 5.67. The van der Waals surface area contributed by atoms with Crippen LogP contribution in [0.2, 0.25) is 0 Å². The molecule has 6 nitrogen and oxygen atoms in total. The summed E-state index contributed by atoms with van der Waals surface area (Å²) in [4.78, 5) is 12.5. The maximum Gasteiger partial charge on any atom is 0.270 e. The number of likely N-dealkylation sites (tertiary alicyclic amines) is 1. The van der Waals surface area contributed by atoms with Gasteiger partial charge in [-0.25, -0.2) is 0 Å². The van der Waals surface area contributed by atoms with Crippen LogP contribution in [0.5, 0.6) is 0 Å². The quantitative estimate of drug-likeness (QED) is 0.663. The van der Waals surface area contributed by atoms with Crippen molar-refractivity contribution in [1.82, 2.24) is 4.90 Å². The Kier molecular flexibility index (Phi) is 3.97. The van der Waals surface area contributed by atoms with E-state index >= 15 is 0 Å². The molecule has 1 fully saturated rings. The average Bonchev–Trinajstić information content (AvgIpc) is 2.41. The first-order chi connectivity index (χ1) is 9.10. The standard InChI is InChI=1S/C13H16N4O2/c1-16-6-4-11(5-7-16)15-13-3-2-12(17(18)19)8-10(13)9-14/h2-3,8,11,15H,4-7H2,1H3. The fraction of sp³-hybridized carbons (Fsp3) is 0.462. The van der Waals surface area contributed by atoms with E-state index in [1.54, 1.807) is 6.07 Å². The lowest BCUT2D eigenvalue weighted by molar-refractivity contribution is -0.384. The van der Waals surface area contributed by atoms with Gasteiger partial charge in [0.2, 0.25) is 0 Å². The molecule has 0 aliphatic carbocycles. The van der Waals surface area contributed by atoms with Gasteiger partial charge in [-0.05, 0) is 39.0 Å².